The Kier molecular flexibility index (Phi) is 11.2. The first-order valence-corrected chi connectivity index (χ1v) is 10.0. The number of nitrogens with one attached hydrogen (secondary N) is 2. The molecule has 0 spiro atoms. The quantitative estimate of drug-likeness (QED) is 0.240. The van der Waals surface area contributed by atoms with Crippen molar-refractivity contribution < 1.29 is 14.3 Å². The second-order valence-electron chi connectivity index (χ2n) is 7.20. The van der Waals surface area contributed by atoms with Gasteiger partial charge in [0.05, 0.1) is 14.2 Å². The largest absolute Gasteiger partial charge is 0.493 e. The summed E-state index contributed by atoms with van der Waals surface area (Å²) in [7, 11) is 3.27. The number of carbonyl (C=O) groups is 1. The van der Waals surface area contributed by atoms with Crippen LogP contribution in [-0.2, 0) is 17.8 Å². The Morgan fingerprint density at radius 3 is 2.45 bits per heavy atom. The summed E-state index contributed by atoms with van der Waals surface area (Å²) in [4.78, 5) is 19.1. The summed E-state index contributed by atoms with van der Waals surface area (Å²) in [6.07, 6.45) is 2.08. The van der Waals surface area contributed by atoms with Gasteiger partial charge in [0, 0.05) is 38.6 Å². The van der Waals surface area contributed by atoms with E-state index in [0.29, 0.717) is 31.3 Å². The van der Waals surface area contributed by atoms with Gasteiger partial charge in [0.2, 0.25) is 5.91 Å². The second-order valence-corrected chi connectivity index (χ2v) is 7.20. The number of benzene rings is 1. The molecule has 0 unspecified atom stereocenters. The molecule has 2 N–H and O–H groups in total. The van der Waals surface area contributed by atoms with Gasteiger partial charge in [0.1, 0.15) is 0 Å². The summed E-state index contributed by atoms with van der Waals surface area (Å²) in [6.45, 7) is 9.00. The summed E-state index contributed by atoms with van der Waals surface area (Å²) < 4.78 is 10.8. The van der Waals surface area contributed by atoms with E-state index >= 15 is 0 Å². The Labute approximate surface area is 191 Å². The van der Waals surface area contributed by atoms with Crippen molar-refractivity contribution in [1.29, 1.82) is 0 Å². The lowest BCUT2D eigenvalue weighted by molar-refractivity contribution is -0.132. The number of halogens is 1. The van der Waals surface area contributed by atoms with Gasteiger partial charge in [-0.3, -0.25) is 9.79 Å². The standard InChI is InChI=1S/C21H34N4O3.HI/c1-6-22-21(24-15(2)3)23-10-7-8-20(26)25-11-9-16-12-18(27-4)19(28-5)13-17(16)14-25;/h12-13,15H,6-11,14H2,1-5H3,(H2,22,23,24);1H. The van der Waals surface area contributed by atoms with E-state index in [9.17, 15) is 4.79 Å². The van der Waals surface area contributed by atoms with E-state index in [2.05, 4.69) is 29.5 Å². The third-order valence-corrected chi connectivity index (χ3v) is 4.66. The van der Waals surface area contributed by atoms with Crippen LogP contribution in [0.4, 0.5) is 0 Å². The highest BCUT2D eigenvalue weighted by Crippen LogP contribution is 2.33. The molecule has 1 heterocycles. The number of hydrogen-bond acceptors (Lipinski definition) is 4. The third-order valence-electron chi connectivity index (χ3n) is 4.66. The Morgan fingerprint density at radius 1 is 1.21 bits per heavy atom. The number of rotatable bonds is 8. The second kappa shape index (κ2) is 12.8. The van der Waals surface area contributed by atoms with Crippen LogP contribution in [0.5, 0.6) is 11.5 Å². The van der Waals surface area contributed by atoms with Gasteiger partial charge in [-0.05, 0) is 56.9 Å². The van der Waals surface area contributed by atoms with Gasteiger partial charge in [-0.15, -0.1) is 24.0 Å². The first kappa shape index (κ1) is 25.3. The van der Waals surface area contributed by atoms with E-state index < -0.39 is 0 Å². The summed E-state index contributed by atoms with van der Waals surface area (Å²) in [5, 5.41) is 6.50. The Bertz CT molecular complexity index is 695. The van der Waals surface area contributed by atoms with Crippen molar-refractivity contribution in [2.75, 3.05) is 33.9 Å². The first-order chi connectivity index (χ1) is 13.5. The minimum atomic E-state index is 0. The fraction of sp³-hybridized carbons (Fsp3) is 0.619. The molecule has 164 valence electrons. The van der Waals surface area contributed by atoms with Crippen LogP contribution in [0.15, 0.2) is 17.1 Å². The predicted molar refractivity (Wildman–Crippen MR) is 128 cm³/mol. The number of ether oxygens (including phenoxy) is 2. The van der Waals surface area contributed by atoms with Crippen LogP contribution in [0.25, 0.3) is 0 Å². The SMILES string of the molecule is CCNC(=NCCCC(=O)N1CCc2cc(OC)c(OC)cc2C1)NC(C)C.I. The Hall–Kier alpha value is -1.71. The molecule has 2 rings (SSSR count). The molecule has 0 aromatic heterocycles. The molecule has 0 bridgehead atoms. The highest BCUT2D eigenvalue weighted by atomic mass is 127. The normalized spacial score (nSPS) is 13.4. The van der Waals surface area contributed by atoms with Crippen molar-refractivity contribution in [2.45, 2.75) is 52.6 Å². The van der Waals surface area contributed by atoms with E-state index in [1.807, 2.05) is 24.0 Å². The van der Waals surface area contributed by atoms with Crippen molar-refractivity contribution in [1.82, 2.24) is 15.5 Å². The molecule has 1 amide bonds. The number of carbonyl (C=O) groups excluding carboxylic acids is 1. The molecule has 1 aliphatic rings. The van der Waals surface area contributed by atoms with Gasteiger partial charge in [-0.1, -0.05) is 0 Å². The van der Waals surface area contributed by atoms with E-state index in [1.165, 1.54) is 5.56 Å². The van der Waals surface area contributed by atoms with E-state index in [-0.39, 0.29) is 29.9 Å². The van der Waals surface area contributed by atoms with Crippen LogP contribution < -0.4 is 20.1 Å². The highest BCUT2D eigenvalue weighted by molar-refractivity contribution is 14.0. The monoisotopic (exact) mass is 518 g/mol. The van der Waals surface area contributed by atoms with Crippen molar-refractivity contribution in [3.05, 3.63) is 23.3 Å². The van der Waals surface area contributed by atoms with Crippen LogP contribution in [0.2, 0.25) is 0 Å². The van der Waals surface area contributed by atoms with E-state index in [0.717, 1.165) is 43.2 Å². The van der Waals surface area contributed by atoms with Gasteiger partial charge in [-0.25, -0.2) is 0 Å². The van der Waals surface area contributed by atoms with Crippen molar-refractivity contribution in [2.24, 2.45) is 4.99 Å². The zero-order valence-electron chi connectivity index (χ0n) is 18.2. The number of amides is 1. The Morgan fingerprint density at radius 2 is 1.86 bits per heavy atom. The fourth-order valence-electron chi connectivity index (χ4n) is 3.27. The summed E-state index contributed by atoms with van der Waals surface area (Å²) >= 11 is 0. The van der Waals surface area contributed by atoms with Gasteiger partial charge in [0.15, 0.2) is 17.5 Å². The number of fused-ring (bicyclic) bond motifs is 1. The van der Waals surface area contributed by atoms with E-state index in [4.69, 9.17) is 9.47 Å². The molecule has 0 aliphatic carbocycles. The summed E-state index contributed by atoms with van der Waals surface area (Å²) in [6, 6.07) is 4.33. The van der Waals surface area contributed by atoms with E-state index in [1.54, 1.807) is 14.2 Å². The minimum Gasteiger partial charge on any atom is -0.493 e. The molecular weight excluding hydrogens is 483 g/mol. The van der Waals surface area contributed by atoms with Gasteiger partial charge in [-0.2, -0.15) is 0 Å². The molecule has 7 nitrogen and oxygen atoms in total. The molecule has 0 saturated heterocycles. The van der Waals surface area contributed by atoms with Crippen LogP contribution in [-0.4, -0.2) is 56.7 Å². The number of guanidine groups is 1. The lowest BCUT2D eigenvalue weighted by Gasteiger charge is -2.29. The van der Waals surface area contributed by atoms with Gasteiger partial charge < -0.3 is 25.0 Å². The van der Waals surface area contributed by atoms with Crippen LogP contribution in [0.1, 0.15) is 44.7 Å². The molecule has 8 heteroatoms. The predicted octanol–water partition coefficient (Wildman–Crippen LogP) is 2.95. The average Bonchev–Trinajstić information content (AvgIpc) is 2.69. The lowest BCUT2D eigenvalue weighted by atomic mass is 9.98. The fourth-order valence-corrected chi connectivity index (χ4v) is 3.27. The average molecular weight is 518 g/mol. The maximum absolute atomic E-state index is 12.6. The number of methoxy groups -OCH3 is 2. The molecule has 0 atom stereocenters. The van der Waals surface area contributed by atoms with Crippen LogP contribution >= 0.6 is 24.0 Å². The zero-order valence-corrected chi connectivity index (χ0v) is 20.5. The lowest BCUT2D eigenvalue weighted by Crippen LogP contribution is -2.41. The van der Waals surface area contributed by atoms with Crippen molar-refractivity contribution in [3.63, 3.8) is 0 Å². The molecule has 1 aromatic rings. The molecule has 29 heavy (non-hydrogen) atoms. The van der Waals surface area contributed by atoms with Gasteiger partial charge >= 0.3 is 0 Å². The molecule has 0 saturated carbocycles. The van der Waals surface area contributed by atoms with Crippen molar-refractivity contribution in [3.8, 4) is 11.5 Å². The minimum absolute atomic E-state index is 0. The Balaban J connectivity index is 0.00000420. The van der Waals surface area contributed by atoms with Gasteiger partial charge in [0.25, 0.3) is 0 Å². The zero-order chi connectivity index (χ0) is 20.5. The topological polar surface area (TPSA) is 75.2 Å². The number of hydrogen-bond donors (Lipinski definition) is 2. The van der Waals surface area contributed by atoms with Crippen LogP contribution in [0.3, 0.4) is 0 Å². The maximum atomic E-state index is 12.6. The third kappa shape index (κ3) is 7.56. The summed E-state index contributed by atoms with van der Waals surface area (Å²) in [5.74, 6) is 2.43. The van der Waals surface area contributed by atoms with Crippen LogP contribution in [0, 0.1) is 0 Å². The van der Waals surface area contributed by atoms with Crippen molar-refractivity contribution >= 4 is 35.8 Å². The maximum Gasteiger partial charge on any atom is 0.222 e. The first-order valence-electron chi connectivity index (χ1n) is 10.0. The smallest absolute Gasteiger partial charge is 0.222 e. The molecule has 1 aliphatic heterocycles. The molecule has 1 aromatic carbocycles. The molecule has 0 radical (unpaired) electrons. The molecule has 0 fully saturated rings. The summed E-state index contributed by atoms with van der Waals surface area (Å²) in [5.41, 5.74) is 2.35. The number of aliphatic imine (C=N–C) groups is 1. The number of nitrogens with zero attached hydrogens (tertiary/aromatic N) is 2. The molecular formula is C21H35IN4O3. The highest BCUT2D eigenvalue weighted by Gasteiger charge is 2.22.